The van der Waals surface area contributed by atoms with Crippen molar-refractivity contribution in [1.29, 1.82) is 0 Å². The molecule has 0 aromatic carbocycles. The Morgan fingerprint density at radius 3 is 2.58 bits per heavy atom. The molecule has 0 amide bonds. The molecule has 1 saturated carbocycles. The van der Waals surface area contributed by atoms with Crippen molar-refractivity contribution in [2.45, 2.75) is 56.3 Å². The third kappa shape index (κ3) is 2.66. The first kappa shape index (κ1) is 14.8. The summed E-state index contributed by atoms with van der Waals surface area (Å²) in [5.41, 5.74) is 0.975. The van der Waals surface area contributed by atoms with E-state index in [4.69, 9.17) is 11.6 Å². The SMILES string of the molecule is CCN(C1CCCC1)S(=O)(=O)c1c(CCl)n[nH]c1C. The Morgan fingerprint density at radius 2 is 2.05 bits per heavy atom. The van der Waals surface area contributed by atoms with Gasteiger partial charge in [0.15, 0.2) is 0 Å². The van der Waals surface area contributed by atoms with Gasteiger partial charge in [0.05, 0.1) is 17.3 Å². The molecule has 0 radical (unpaired) electrons. The average molecular weight is 306 g/mol. The number of H-pyrrole nitrogens is 1. The highest BCUT2D eigenvalue weighted by Gasteiger charge is 2.35. The molecular formula is C12H20ClN3O2S. The molecule has 2 rings (SSSR count). The van der Waals surface area contributed by atoms with Crippen molar-refractivity contribution < 1.29 is 8.42 Å². The summed E-state index contributed by atoms with van der Waals surface area (Å²) in [5, 5.41) is 6.70. The van der Waals surface area contributed by atoms with Crippen LogP contribution >= 0.6 is 11.6 Å². The number of rotatable bonds is 5. The van der Waals surface area contributed by atoms with Crippen molar-refractivity contribution in [2.75, 3.05) is 6.54 Å². The summed E-state index contributed by atoms with van der Waals surface area (Å²) >= 11 is 5.79. The molecule has 1 aromatic rings. The van der Waals surface area contributed by atoms with E-state index in [2.05, 4.69) is 10.2 Å². The third-order valence-electron chi connectivity index (χ3n) is 3.70. The Labute approximate surface area is 119 Å². The van der Waals surface area contributed by atoms with Gasteiger partial charge in [-0.05, 0) is 19.8 Å². The molecular weight excluding hydrogens is 286 g/mol. The maximum absolute atomic E-state index is 12.8. The summed E-state index contributed by atoms with van der Waals surface area (Å²) in [6.45, 7) is 4.09. The monoisotopic (exact) mass is 305 g/mol. The highest BCUT2D eigenvalue weighted by molar-refractivity contribution is 7.89. The van der Waals surface area contributed by atoms with Crippen molar-refractivity contribution >= 4 is 21.6 Å². The number of alkyl halides is 1. The molecule has 7 heteroatoms. The second-order valence-electron chi connectivity index (χ2n) is 4.90. The molecule has 1 N–H and O–H groups in total. The summed E-state index contributed by atoms with van der Waals surface area (Å²) in [7, 11) is -3.51. The number of aromatic nitrogens is 2. The van der Waals surface area contributed by atoms with Gasteiger partial charge >= 0.3 is 0 Å². The van der Waals surface area contributed by atoms with Crippen LogP contribution in [0.2, 0.25) is 0 Å². The Balaban J connectivity index is 2.42. The van der Waals surface area contributed by atoms with Crippen LogP contribution in [0.25, 0.3) is 0 Å². The smallest absolute Gasteiger partial charge is 0.247 e. The molecule has 0 spiro atoms. The van der Waals surface area contributed by atoms with Gasteiger partial charge in [-0.2, -0.15) is 9.40 Å². The number of aromatic amines is 1. The zero-order chi connectivity index (χ0) is 14.0. The van der Waals surface area contributed by atoms with E-state index in [1.165, 1.54) is 0 Å². The van der Waals surface area contributed by atoms with Gasteiger partial charge in [-0.3, -0.25) is 5.10 Å². The number of hydrogen-bond acceptors (Lipinski definition) is 3. The summed E-state index contributed by atoms with van der Waals surface area (Å²) in [4.78, 5) is 0.260. The van der Waals surface area contributed by atoms with Gasteiger partial charge in [-0.15, -0.1) is 11.6 Å². The van der Waals surface area contributed by atoms with Gasteiger partial charge in [0, 0.05) is 12.6 Å². The fourth-order valence-corrected chi connectivity index (χ4v) is 5.13. The fraction of sp³-hybridized carbons (Fsp3) is 0.750. The first-order valence-electron chi connectivity index (χ1n) is 6.64. The molecule has 0 bridgehead atoms. The predicted molar refractivity (Wildman–Crippen MR) is 74.7 cm³/mol. The van der Waals surface area contributed by atoms with Gasteiger partial charge in [0.25, 0.3) is 0 Å². The lowest BCUT2D eigenvalue weighted by Gasteiger charge is -2.26. The summed E-state index contributed by atoms with van der Waals surface area (Å²) in [6.07, 6.45) is 4.09. The van der Waals surface area contributed by atoms with Gasteiger partial charge < -0.3 is 0 Å². The molecule has 5 nitrogen and oxygen atoms in total. The number of nitrogens with one attached hydrogen (secondary N) is 1. The van der Waals surface area contributed by atoms with E-state index in [0.717, 1.165) is 25.7 Å². The molecule has 1 aromatic heterocycles. The van der Waals surface area contributed by atoms with Gasteiger partial charge in [0.1, 0.15) is 4.90 Å². The quantitative estimate of drug-likeness (QED) is 0.850. The maximum atomic E-state index is 12.8. The van der Waals surface area contributed by atoms with Crippen LogP contribution in [0.1, 0.15) is 44.0 Å². The van der Waals surface area contributed by atoms with Crippen LogP contribution in [0.15, 0.2) is 4.90 Å². The maximum Gasteiger partial charge on any atom is 0.247 e. The summed E-state index contributed by atoms with van der Waals surface area (Å²) in [5.74, 6) is 0.0983. The largest absolute Gasteiger partial charge is 0.281 e. The zero-order valence-corrected chi connectivity index (χ0v) is 12.9. The van der Waals surface area contributed by atoms with Gasteiger partial charge in [-0.25, -0.2) is 8.42 Å². The Hall–Kier alpha value is -0.590. The van der Waals surface area contributed by atoms with Crippen LogP contribution < -0.4 is 0 Å². The number of nitrogens with zero attached hydrogens (tertiary/aromatic N) is 2. The molecule has 0 unspecified atom stereocenters. The highest BCUT2D eigenvalue weighted by Crippen LogP contribution is 2.30. The van der Waals surface area contributed by atoms with E-state index in [9.17, 15) is 8.42 Å². The van der Waals surface area contributed by atoms with Gasteiger partial charge in [-0.1, -0.05) is 19.8 Å². The molecule has 1 aliphatic rings. The van der Waals surface area contributed by atoms with E-state index in [-0.39, 0.29) is 16.8 Å². The van der Waals surface area contributed by atoms with Crippen molar-refractivity contribution in [2.24, 2.45) is 0 Å². The van der Waals surface area contributed by atoms with Crippen LogP contribution in [0, 0.1) is 6.92 Å². The molecule has 19 heavy (non-hydrogen) atoms. The van der Waals surface area contributed by atoms with E-state index in [0.29, 0.717) is 17.9 Å². The Bertz CT molecular complexity index is 535. The fourth-order valence-electron chi connectivity index (χ4n) is 2.84. The lowest BCUT2D eigenvalue weighted by atomic mass is 10.2. The normalized spacial score (nSPS) is 17.5. The van der Waals surface area contributed by atoms with E-state index in [1.54, 1.807) is 11.2 Å². The Kier molecular flexibility index (Phi) is 4.53. The average Bonchev–Trinajstić information content (AvgIpc) is 2.99. The van der Waals surface area contributed by atoms with Crippen molar-refractivity contribution in [1.82, 2.24) is 14.5 Å². The first-order chi connectivity index (χ1) is 9.02. The van der Waals surface area contributed by atoms with Crippen molar-refractivity contribution in [3.05, 3.63) is 11.4 Å². The van der Waals surface area contributed by atoms with Gasteiger partial charge in [0.2, 0.25) is 10.0 Å². The van der Waals surface area contributed by atoms with E-state index in [1.807, 2.05) is 6.92 Å². The standard InChI is InChI=1S/C12H20ClN3O2S/c1-3-16(10-6-4-5-7-10)19(17,18)12-9(2)14-15-11(12)8-13/h10H,3-8H2,1-2H3,(H,14,15). The second-order valence-corrected chi connectivity index (χ2v) is 7.00. The summed E-state index contributed by atoms with van der Waals surface area (Å²) in [6, 6.07) is 0.118. The molecule has 1 aliphatic carbocycles. The topological polar surface area (TPSA) is 66.1 Å². The second kappa shape index (κ2) is 5.81. The molecule has 0 atom stereocenters. The number of aryl methyl sites for hydroxylation is 1. The molecule has 1 fully saturated rings. The number of sulfonamides is 1. The Morgan fingerprint density at radius 1 is 1.42 bits per heavy atom. The molecule has 1 heterocycles. The highest BCUT2D eigenvalue weighted by atomic mass is 35.5. The third-order valence-corrected chi connectivity index (χ3v) is 6.18. The lowest BCUT2D eigenvalue weighted by molar-refractivity contribution is 0.335. The molecule has 0 saturated heterocycles. The molecule has 0 aliphatic heterocycles. The van der Waals surface area contributed by atoms with Crippen LogP contribution in [0.4, 0.5) is 0 Å². The first-order valence-corrected chi connectivity index (χ1v) is 8.61. The minimum absolute atomic E-state index is 0.0983. The van der Waals surface area contributed by atoms with Crippen molar-refractivity contribution in [3.63, 3.8) is 0 Å². The number of hydrogen-bond donors (Lipinski definition) is 1. The minimum atomic E-state index is -3.51. The lowest BCUT2D eigenvalue weighted by Crippen LogP contribution is -2.39. The van der Waals surface area contributed by atoms with Crippen LogP contribution in [0.3, 0.4) is 0 Å². The molecule has 108 valence electrons. The van der Waals surface area contributed by atoms with Crippen LogP contribution in [-0.2, 0) is 15.9 Å². The minimum Gasteiger partial charge on any atom is -0.281 e. The van der Waals surface area contributed by atoms with Crippen molar-refractivity contribution in [3.8, 4) is 0 Å². The number of halogens is 1. The summed E-state index contributed by atoms with van der Waals surface area (Å²) < 4.78 is 27.2. The predicted octanol–water partition coefficient (Wildman–Crippen LogP) is 2.41. The van der Waals surface area contributed by atoms with E-state index >= 15 is 0 Å². The zero-order valence-electron chi connectivity index (χ0n) is 11.3. The van der Waals surface area contributed by atoms with Crippen LogP contribution in [0.5, 0.6) is 0 Å². The van der Waals surface area contributed by atoms with Crippen LogP contribution in [-0.4, -0.2) is 35.5 Å². The van der Waals surface area contributed by atoms with E-state index < -0.39 is 10.0 Å².